The lowest BCUT2D eigenvalue weighted by Gasteiger charge is -2.14. The van der Waals surface area contributed by atoms with E-state index in [0.717, 1.165) is 21.5 Å². The zero-order valence-electron chi connectivity index (χ0n) is 17.1. The third kappa shape index (κ3) is 3.66. The summed E-state index contributed by atoms with van der Waals surface area (Å²) in [4.78, 5) is 19.5. The first-order valence-electron chi connectivity index (χ1n) is 10.1. The first-order chi connectivity index (χ1) is 15.0. The van der Waals surface area contributed by atoms with Gasteiger partial charge in [-0.1, -0.05) is 29.4 Å². The van der Waals surface area contributed by atoms with Gasteiger partial charge in [-0.25, -0.2) is 0 Å². The van der Waals surface area contributed by atoms with Crippen molar-refractivity contribution in [1.29, 1.82) is 0 Å². The van der Waals surface area contributed by atoms with E-state index < -0.39 is 0 Å². The van der Waals surface area contributed by atoms with Crippen LogP contribution in [-0.4, -0.2) is 21.5 Å². The number of halogens is 1. The van der Waals surface area contributed by atoms with E-state index in [4.69, 9.17) is 16.3 Å². The second kappa shape index (κ2) is 7.94. The van der Waals surface area contributed by atoms with E-state index in [1.807, 2.05) is 49.4 Å². The van der Waals surface area contributed by atoms with Gasteiger partial charge in [0, 0.05) is 32.6 Å². The van der Waals surface area contributed by atoms with E-state index in [0.29, 0.717) is 39.8 Å². The van der Waals surface area contributed by atoms with Crippen molar-refractivity contribution in [2.24, 2.45) is 0 Å². The van der Waals surface area contributed by atoms with Crippen molar-refractivity contribution in [3.05, 3.63) is 76.0 Å². The van der Waals surface area contributed by atoms with Gasteiger partial charge in [-0.3, -0.25) is 9.36 Å². The lowest BCUT2D eigenvalue weighted by molar-refractivity contribution is 0.328. The second-order valence-electron chi connectivity index (χ2n) is 7.29. The Kier molecular flexibility index (Phi) is 5.12. The molecule has 1 aliphatic heterocycles. The topological polar surface area (TPSA) is 56.1 Å². The van der Waals surface area contributed by atoms with Gasteiger partial charge < -0.3 is 10.1 Å². The fourth-order valence-corrected chi connectivity index (χ4v) is 4.92. The van der Waals surface area contributed by atoms with E-state index >= 15 is 0 Å². The Labute approximate surface area is 189 Å². The van der Waals surface area contributed by atoms with Crippen molar-refractivity contribution in [3.8, 4) is 22.7 Å². The maximum Gasteiger partial charge on any atom is 0.264 e. The number of nitrogens with zero attached hydrogens (tertiary/aromatic N) is 2. The van der Waals surface area contributed by atoms with Crippen molar-refractivity contribution in [2.45, 2.75) is 24.1 Å². The minimum absolute atomic E-state index is 0.139. The molecule has 0 radical (unpaired) electrons. The van der Waals surface area contributed by atoms with Gasteiger partial charge in [0.05, 0.1) is 17.7 Å². The van der Waals surface area contributed by atoms with Crippen LogP contribution in [-0.2, 0) is 0 Å². The number of hydrogen-bond acceptors (Lipinski definition) is 5. The SMILES string of the molecule is CCOc1ccc2cc(-c3ccc4c(c3)SC(C)N4)c(=O)n(-c3ccc(Cl)cc3)c2n1. The summed E-state index contributed by atoms with van der Waals surface area (Å²) in [6.45, 7) is 4.53. The molecule has 5 rings (SSSR count). The molecule has 7 heteroatoms. The van der Waals surface area contributed by atoms with Crippen LogP contribution in [0.15, 0.2) is 70.4 Å². The molecular formula is C24H20ClN3O2S. The van der Waals surface area contributed by atoms with Crippen LogP contribution in [0.25, 0.3) is 27.8 Å². The molecule has 3 heterocycles. The molecule has 5 nitrogen and oxygen atoms in total. The van der Waals surface area contributed by atoms with E-state index in [1.165, 1.54) is 0 Å². The van der Waals surface area contributed by atoms with Crippen LogP contribution >= 0.6 is 23.4 Å². The average molecular weight is 450 g/mol. The molecule has 4 aromatic rings. The third-order valence-corrected chi connectivity index (χ3v) is 6.47. The van der Waals surface area contributed by atoms with E-state index in [1.54, 1.807) is 28.5 Å². The number of rotatable bonds is 4. The minimum atomic E-state index is -0.139. The van der Waals surface area contributed by atoms with Crippen molar-refractivity contribution in [1.82, 2.24) is 9.55 Å². The zero-order chi connectivity index (χ0) is 21.5. The van der Waals surface area contributed by atoms with Crippen LogP contribution in [0.5, 0.6) is 5.88 Å². The van der Waals surface area contributed by atoms with Crippen LogP contribution in [0.4, 0.5) is 5.69 Å². The molecule has 0 saturated carbocycles. The number of pyridine rings is 2. The molecule has 1 aliphatic rings. The molecule has 31 heavy (non-hydrogen) atoms. The number of nitrogens with one attached hydrogen (secondary N) is 1. The van der Waals surface area contributed by atoms with E-state index in [2.05, 4.69) is 23.3 Å². The first kappa shape index (κ1) is 20.0. The highest BCUT2D eigenvalue weighted by molar-refractivity contribution is 8.00. The number of fused-ring (bicyclic) bond motifs is 2. The minimum Gasteiger partial charge on any atom is -0.478 e. The first-order valence-corrected chi connectivity index (χ1v) is 11.3. The smallest absolute Gasteiger partial charge is 0.264 e. The monoisotopic (exact) mass is 449 g/mol. The Balaban J connectivity index is 1.76. The second-order valence-corrected chi connectivity index (χ2v) is 9.10. The molecule has 1 atom stereocenters. The maximum absolute atomic E-state index is 13.7. The Morgan fingerprint density at radius 3 is 2.71 bits per heavy atom. The summed E-state index contributed by atoms with van der Waals surface area (Å²) >= 11 is 7.84. The molecule has 156 valence electrons. The van der Waals surface area contributed by atoms with Crippen LogP contribution in [0.2, 0.25) is 5.02 Å². The summed E-state index contributed by atoms with van der Waals surface area (Å²) in [5.74, 6) is 0.485. The normalized spacial score (nSPS) is 15.0. The van der Waals surface area contributed by atoms with Gasteiger partial charge in [0.1, 0.15) is 0 Å². The van der Waals surface area contributed by atoms with Crippen molar-refractivity contribution < 1.29 is 4.74 Å². The fraction of sp³-hybridized carbons (Fsp3) is 0.167. The molecule has 0 fully saturated rings. The van der Waals surface area contributed by atoms with Crippen molar-refractivity contribution in [3.63, 3.8) is 0 Å². The average Bonchev–Trinajstić information content (AvgIpc) is 3.14. The number of ether oxygens (including phenoxy) is 1. The van der Waals surface area contributed by atoms with Gasteiger partial charge in [0.15, 0.2) is 5.65 Å². The fourth-order valence-electron chi connectivity index (χ4n) is 3.78. The summed E-state index contributed by atoms with van der Waals surface area (Å²) < 4.78 is 7.21. The van der Waals surface area contributed by atoms with Gasteiger partial charge in [-0.15, -0.1) is 0 Å². The molecule has 0 spiro atoms. The lowest BCUT2D eigenvalue weighted by atomic mass is 10.0. The van der Waals surface area contributed by atoms with Crippen molar-refractivity contribution in [2.75, 3.05) is 11.9 Å². The molecular weight excluding hydrogens is 430 g/mol. The zero-order valence-corrected chi connectivity index (χ0v) is 18.6. The molecule has 0 aliphatic carbocycles. The highest BCUT2D eigenvalue weighted by Crippen LogP contribution is 2.40. The van der Waals surface area contributed by atoms with Crippen LogP contribution in [0.3, 0.4) is 0 Å². The van der Waals surface area contributed by atoms with E-state index in [-0.39, 0.29) is 5.56 Å². The quantitative estimate of drug-likeness (QED) is 0.416. The lowest BCUT2D eigenvalue weighted by Crippen LogP contribution is -2.21. The Morgan fingerprint density at radius 2 is 1.94 bits per heavy atom. The molecule has 2 aromatic heterocycles. The van der Waals surface area contributed by atoms with Gasteiger partial charge in [0.2, 0.25) is 5.88 Å². The van der Waals surface area contributed by atoms with Crippen LogP contribution in [0.1, 0.15) is 13.8 Å². The highest BCUT2D eigenvalue weighted by atomic mass is 35.5. The van der Waals surface area contributed by atoms with Gasteiger partial charge in [-0.2, -0.15) is 4.98 Å². The standard InChI is InChI=1S/C24H20ClN3O2S/c1-3-30-22-11-5-16-12-19(15-4-10-20-21(13-15)31-14(2)26-20)24(29)28(23(16)27-22)18-8-6-17(25)7-9-18/h4-14,26H,3H2,1-2H3. The molecule has 0 saturated heterocycles. The molecule has 0 amide bonds. The predicted molar refractivity (Wildman–Crippen MR) is 128 cm³/mol. The highest BCUT2D eigenvalue weighted by Gasteiger charge is 2.20. The third-order valence-electron chi connectivity index (χ3n) is 5.16. The molecule has 1 N–H and O–H groups in total. The number of hydrogen-bond donors (Lipinski definition) is 1. The Morgan fingerprint density at radius 1 is 1.13 bits per heavy atom. The van der Waals surface area contributed by atoms with Crippen LogP contribution < -0.4 is 15.6 Å². The van der Waals surface area contributed by atoms with Gasteiger partial charge >= 0.3 is 0 Å². The Hall–Kier alpha value is -2.96. The number of anilines is 1. The number of thioether (sulfide) groups is 1. The van der Waals surface area contributed by atoms with Gasteiger partial charge in [0.25, 0.3) is 5.56 Å². The number of benzene rings is 2. The molecule has 0 bridgehead atoms. The molecule has 2 aromatic carbocycles. The van der Waals surface area contributed by atoms with E-state index in [9.17, 15) is 4.79 Å². The Bertz CT molecular complexity index is 1350. The van der Waals surface area contributed by atoms with Crippen LogP contribution in [0, 0.1) is 0 Å². The summed E-state index contributed by atoms with van der Waals surface area (Å²) in [7, 11) is 0. The predicted octanol–water partition coefficient (Wildman–Crippen LogP) is 5.97. The summed E-state index contributed by atoms with van der Waals surface area (Å²) in [6.07, 6.45) is 0. The van der Waals surface area contributed by atoms with Crippen molar-refractivity contribution >= 4 is 40.1 Å². The van der Waals surface area contributed by atoms with Gasteiger partial charge in [-0.05, 0) is 67.9 Å². The summed E-state index contributed by atoms with van der Waals surface area (Å²) in [5.41, 5.74) is 3.71. The maximum atomic E-state index is 13.7. The summed E-state index contributed by atoms with van der Waals surface area (Å²) in [5, 5.41) is 5.20. The molecule has 1 unspecified atom stereocenters. The largest absolute Gasteiger partial charge is 0.478 e. The summed E-state index contributed by atoms with van der Waals surface area (Å²) in [6, 6.07) is 19.0. The number of aromatic nitrogens is 2.